The second kappa shape index (κ2) is 5.49. The Balaban J connectivity index is 2.26. The van der Waals surface area contributed by atoms with Gasteiger partial charge in [0.05, 0.1) is 11.1 Å². The van der Waals surface area contributed by atoms with Gasteiger partial charge in [0.2, 0.25) is 0 Å². The molecule has 3 aromatic rings. The number of nitrogens with two attached hydrogens (primary N) is 2. The number of nitrogens with one attached hydrogen (secondary N) is 2. The van der Waals surface area contributed by atoms with Crippen LogP contribution in [0, 0.1) is 6.92 Å². The summed E-state index contributed by atoms with van der Waals surface area (Å²) < 4.78 is 0. The molecular formula is C17H16N4O2. The zero-order chi connectivity index (χ0) is 16.6. The molecule has 0 aliphatic rings. The molecule has 0 fully saturated rings. The molecule has 1 aromatic heterocycles. The molecule has 0 atom stereocenters. The van der Waals surface area contributed by atoms with Crippen LogP contribution in [-0.4, -0.2) is 16.9 Å². The SMILES string of the molecule is Cc1c(-c2ccccc2)ccc2c(C(N)=O)c(NC(N)=O)[nH]c12. The van der Waals surface area contributed by atoms with Crippen molar-refractivity contribution in [1.29, 1.82) is 0 Å². The number of urea groups is 1. The molecule has 6 heteroatoms. The number of carbonyl (C=O) groups is 2. The van der Waals surface area contributed by atoms with Gasteiger partial charge < -0.3 is 16.5 Å². The molecule has 1 heterocycles. The van der Waals surface area contributed by atoms with E-state index in [-0.39, 0.29) is 11.4 Å². The number of H-pyrrole nitrogens is 1. The van der Waals surface area contributed by atoms with E-state index in [9.17, 15) is 9.59 Å². The number of benzene rings is 2. The predicted molar refractivity (Wildman–Crippen MR) is 90.2 cm³/mol. The first-order valence-electron chi connectivity index (χ1n) is 7.06. The Morgan fingerprint density at radius 2 is 1.74 bits per heavy atom. The van der Waals surface area contributed by atoms with E-state index in [0.717, 1.165) is 22.2 Å². The highest BCUT2D eigenvalue weighted by Gasteiger charge is 2.19. The van der Waals surface area contributed by atoms with Gasteiger partial charge in [0.25, 0.3) is 5.91 Å². The third-order valence-corrected chi connectivity index (χ3v) is 3.81. The Kier molecular flexibility index (Phi) is 3.50. The van der Waals surface area contributed by atoms with Gasteiger partial charge in [0, 0.05) is 5.39 Å². The molecule has 6 N–H and O–H groups in total. The van der Waals surface area contributed by atoms with Gasteiger partial charge in [-0.2, -0.15) is 0 Å². The van der Waals surface area contributed by atoms with Crippen LogP contribution >= 0.6 is 0 Å². The van der Waals surface area contributed by atoms with Crippen molar-refractivity contribution in [3.63, 3.8) is 0 Å². The Morgan fingerprint density at radius 1 is 1.04 bits per heavy atom. The van der Waals surface area contributed by atoms with Gasteiger partial charge in [0.1, 0.15) is 5.82 Å². The number of aromatic amines is 1. The number of amides is 3. The highest BCUT2D eigenvalue weighted by atomic mass is 16.2. The molecule has 2 aromatic carbocycles. The van der Waals surface area contributed by atoms with Gasteiger partial charge >= 0.3 is 6.03 Å². The van der Waals surface area contributed by atoms with Crippen molar-refractivity contribution < 1.29 is 9.59 Å². The number of hydrogen-bond acceptors (Lipinski definition) is 2. The van der Waals surface area contributed by atoms with Gasteiger partial charge in [-0.15, -0.1) is 0 Å². The van der Waals surface area contributed by atoms with Crippen LogP contribution in [0.1, 0.15) is 15.9 Å². The maximum absolute atomic E-state index is 11.8. The third kappa shape index (κ3) is 2.50. The van der Waals surface area contributed by atoms with Crippen molar-refractivity contribution in [3.05, 3.63) is 53.6 Å². The Hall–Kier alpha value is -3.28. The summed E-state index contributed by atoms with van der Waals surface area (Å²) in [5, 5.41) is 3.06. The van der Waals surface area contributed by atoms with Crippen molar-refractivity contribution in [2.75, 3.05) is 5.32 Å². The molecule has 0 bridgehead atoms. The van der Waals surface area contributed by atoms with Crippen molar-refractivity contribution in [1.82, 2.24) is 4.98 Å². The van der Waals surface area contributed by atoms with Gasteiger partial charge in [0.15, 0.2) is 0 Å². The molecule has 3 amide bonds. The summed E-state index contributed by atoms with van der Waals surface area (Å²) >= 11 is 0. The van der Waals surface area contributed by atoms with Crippen LogP contribution in [0.5, 0.6) is 0 Å². The summed E-state index contributed by atoms with van der Waals surface area (Å²) in [7, 11) is 0. The van der Waals surface area contributed by atoms with Crippen LogP contribution in [0.25, 0.3) is 22.0 Å². The van der Waals surface area contributed by atoms with E-state index >= 15 is 0 Å². The van der Waals surface area contributed by atoms with Crippen molar-refractivity contribution in [2.45, 2.75) is 6.92 Å². The maximum atomic E-state index is 11.8. The zero-order valence-corrected chi connectivity index (χ0v) is 12.5. The predicted octanol–water partition coefficient (Wildman–Crippen LogP) is 2.73. The smallest absolute Gasteiger partial charge is 0.317 e. The van der Waals surface area contributed by atoms with E-state index in [1.807, 2.05) is 49.4 Å². The van der Waals surface area contributed by atoms with E-state index in [1.165, 1.54) is 0 Å². The Labute approximate surface area is 132 Å². The Morgan fingerprint density at radius 3 is 2.35 bits per heavy atom. The molecule has 0 unspecified atom stereocenters. The number of anilines is 1. The number of aromatic nitrogens is 1. The zero-order valence-electron chi connectivity index (χ0n) is 12.5. The van der Waals surface area contributed by atoms with E-state index in [1.54, 1.807) is 0 Å². The maximum Gasteiger partial charge on any atom is 0.317 e. The lowest BCUT2D eigenvalue weighted by Crippen LogP contribution is -2.22. The van der Waals surface area contributed by atoms with Gasteiger partial charge in [-0.25, -0.2) is 4.79 Å². The minimum atomic E-state index is -0.764. The van der Waals surface area contributed by atoms with E-state index in [2.05, 4.69) is 10.3 Å². The van der Waals surface area contributed by atoms with E-state index in [0.29, 0.717) is 5.39 Å². The first-order valence-corrected chi connectivity index (χ1v) is 7.06. The van der Waals surface area contributed by atoms with Crippen molar-refractivity contribution in [2.24, 2.45) is 11.5 Å². The molecule has 0 aliphatic heterocycles. The highest BCUT2D eigenvalue weighted by molar-refractivity contribution is 6.14. The average Bonchev–Trinajstić information content (AvgIpc) is 2.87. The van der Waals surface area contributed by atoms with Gasteiger partial charge in [-0.05, 0) is 23.6 Å². The number of aryl methyl sites for hydroxylation is 1. The monoisotopic (exact) mass is 308 g/mol. The first-order chi connectivity index (χ1) is 11.0. The third-order valence-electron chi connectivity index (χ3n) is 3.81. The fourth-order valence-corrected chi connectivity index (χ4v) is 2.81. The summed E-state index contributed by atoms with van der Waals surface area (Å²) in [4.78, 5) is 25.9. The van der Waals surface area contributed by atoms with Crippen LogP contribution in [-0.2, 0) is 0 Å². The van der Waals surface area contributed by atoms with Crippen LogP contribution in [0.3, 0.4) is 0 Å². The van der Waals surface area contributed by atoms with Crippen LogP contribution < -0.4 is 16.8 Å². The molecule has 0 radical (unpaired) electrons. The van der Waals surface area contributed by atoms with Gasteiger partial charge in [-0.3, -0.25) is 10.1 Å². The minimum Gasteiger partial charge on any atom is -0.365 e. The fraction of sp³-hybridized carbons (Fsp3) is 0.0588. The quantitative estimate of drug-likeness (QED) is 0.596. The summed E-state index contributed by atoms with van der Waals surface area (Å²) in [6, 6.07) is 12.9. The van der Waals surface area contributed by atoms with Crippen LogP contribution in [0.15, 0.2) is 42.5 Å². The van der Waals surface area contributed by atoms with Crippen LogP contribution in [0.2, 0.25) is 0 Å². The first kappa shape index (κ1) is 14.6. The number of rotatable bonds is 3. The average molecular weight is 308 g/mol. The van der Waals surface area contributed by atoms with Crippen LogP contribution in [0.4, 0.5) is 10.6 Å². The molecule has 6 nitrogen and oxygen atoms in total. The largest absolute Gasteiger partial charge is 0.365 e. The molecule has 23 heavy (non-hydrogen) atoms. The second-order valence-corrected chi connectivity index (χ2v) is 5.26. The molecular weight excluding hydrogens is 292 g/mol. The topological polar surface area (TPSA) is 114 Å². The molecule has 0 spiro atoms. The number of fused-ring (bicyclic) bond motifs is 1. The molecule has 0 aliphatic carbocycles. The van der Waals surface area contributed by atoms with Crippen molar-refractivity contribution >= 4 is 28.7 Å². The molecule has 0 saturated heterocycles. The van der Waals surface area contributed by atoms with E-state index in [4.69, 9.17) is 11.5 Å². The lowest BCUT2D eigenvalue weighted by atomic mass is 9.97. The van der Waals surface area contributed by atoms with Crippen molar-refractivity contribution in [3.8, 4) is 11.1 Å². The summed E-state index contributed by atoms with van der Waals surface area (Å²) in [5.41, 5.74) is 14.6. The lowest BCUT2D eigenvalue weighted by molar-refractivity contribution is 0.100. The Bertz CT molecular complexity index is 913. The molecule has 0 saturated carbocycles. The number of hydrogen-bond donors (Lipinski definition) is 4. The fourth-order valence-electron chi connectivity index (χ4n) is 2.81. The summed E-state index contributed by atoms with van der Waals surface area (Å²) in [5.74, 6) is -0.417. The van der Waals surface area contributed by atoms with E-state index < -0.39 is 11.9 Å². The highest BCUT2D eigenvalue weighted by Crippen LogP contribution is 2.33. The molecule has 116 valence electrons. The van der Waals surface area contributed by atoms with Gasteiger partial charge in [-0.1, -0.05) is 42.5 Å². The lowest BCUT2D eigenvalue weighted by Gasteiger charge is -2.07. The summed E-state index contributed by atoms with van der Waals surface area (Å²) in [6.45, 7) is 1.94. The number of carbonyl (C=O) groups excluding carboxylic acids is 2. The second-order valence-electron chi connectivity index (χ2n) is 5.26. The summed E-state index contributed by atoms with van der Waals surface area (Å²) in [6.07, 6.45) is 0. The molecule has 3 rings (SSSR count). The minimum absolute atomic E-state index is 0.216. The number of primary amides is 2. The standard InChI is InChI=1S/C17H16N4O2/c1-9-11(10-5-3-2-4-6-10)7-8-12-13(15(18)22)16(20-14(9)12)21-17(19)23/h2-8,20H,1H3,(H2,18,22)(H3,19,21,23). The normalized spacial score (nSPS) is 10.7.